The van der Waals surface area contributed by atoms with E-state index in [2.05, 4.69) is 12.2 Å². The fourth-order valence-electron chi connectivity index (χ4n) is 3.81. The molecule has 6 nitrogen and oxygen atoms in total. The van der Waals surface area contributed by atoms with Gasteiger partial charge in [-0.15, -0.1) is 0 Å². The van der Waals surface area contributed by atoms with Gasteiger partial charge >= 0.3 is 0 Å². The third-order valence-electron chi connectivity index (χ3n) is 5.23. The highest BCUT2D eigenvalue weighted by molar-refractivity contribution is 7.89. The number of nitrogens with zero attached hydrogens (tertiary/aromatic N) is 2. The van der Waals surface area contributed by atoms with Crippen molar-refractivity contribution >= 4 is 15.9 Å². The Kier molecular flexibility index (Phi) is 6.32. The van der Waals surface area contributed by atoms with Gasteiger partial charge in [-0.2, -0.15) is 4.31 Å². The molecule has 7 heteroatoms. The van der Waals surface area contributed by atoms with Crippen molar-refractivity contribution in [1.82, 2.24) is 14.5 Å². The molecule has 1 amide bonds. The van der Waals surface area contributed by atoms with Crippen LogP contribution in [0.2, 0.25) is 0 Å². The van der Waals surface area contributed by atoms with Crippen LogP contribution in [-0.4, -0.2) is 62.3 Å². The monoisotopic (exact) mass is 379 g/mol. The number of carbonyl (C=O) groups is 1. The highest BCUT2D eigenvalue weighted by Gasteiger charge is 2.29. The first-order valence-corrected chi connectivity index (χ1v) is 11.1. The lowest BCUT2D eigenvalue weighted by molar-refractivity contribution is 0.0692. The molecule has 0 aliphatic carbocycles. The summed E-state index contributed by atoms with van der Waals surface area (Å²) in [6.45, 7) is 5.60. The van der Waals surface area contributed by atoms with E-state index in [1.165, 1.54) is 0 Å². The van der Waals surface area contributed by atoms with Gasteiger partial charge in [-0.25, -0.2) is 8.42 Å². The van der Waals surface area contributed by atoms with E-state index in [-0.39, 0.29) is 16.8 Å². The van der Waals surface area contributed by atoms with Gasteiger partial charge in [-0.3, -0.25) is 4.79 Å². The van der Waals surface area contributed by atoms with Gasteiger partial charge in [0.25, 0.3) is 5.91 Å². The number of piperidine rings is 1. The maximum absolute atomic E-state index is 13.1. The molecule has 2 aliphatic heterocycles. The number of hydrogen-bond acceptors (Lipinski definition) is 4. The van der Waals surface area contributed by atoms with Crippen LogP contribution in [0.3, 0.4) is 0 Å². The summed E-state index contributed by atoms with van der Waals surface area (Å²) < 4.78 is 27.4. The van der Waals surface area contributed by atoms with Crippen LogP contribution in [0.25, 0.3) is 0 Å². The van der Waals surface area contributed by atoms with E-state index in [1.54, 1.807) is 28.6 Å². The minimum atomic E-state index is -3.52. The van der Waals surface area contributed by atoms with Crippen LogP contribution in [-0.2, 0) is 10.0 Å². The highest BCUT2D eigenvalue weighted by Crippen LogP contribution is 2.22. The standard InChI is InChI=1S/C19H29N3O3S/c1-2-11-22(17-9-10-20-15-17)19(23)16-7-6-8-18(14-16)26(24,25)21-12-4-3-5-13-21/h6-8,14,17,20H,2-5,9-13,15H2,1H3. The summed E-state index contributed by atoms with van der Waals surface area (Å²) in [5.74, 6) is -0.0729. The second-order valence-electron chi connectivity index (χ2n) is 7.14. The topological polar surface area (TPSA) is 69.7 Å². The fourth-order valence-corrected chi connectivity index (χ4v) is 5.37. The predicted molar refractivity (Wildman–Crippen MR) is 102 cm³/mol. The number of hydrogen-bond donors (Lipinski definition) is 1. The highest BCUT2D eigenvalue weighted by atomic mass is 32.2. The summed E-state index contributed by atoms with van der Waals surface area (Å²) in [7, 11) is -3.52. The molecule has 2 saturated heterocycles. The molecule has 1 atom stereocenters. The molecule has 1 N–H and O–H groups in total. The van der Waals surface area contributed by atoms with E-state index in [9.17, 15) is 13.2 Å². The summed E-state index contributed by atoms with van der Waals surface area (Å²) in [4.78, 5) is 15.2. The zero-order valence-electron chi connectivity index (χ0n) is 15.5. The molecule has 2 aliphatic rings. The van der Waals surface area contributed by atoms with E-state index in [0.29, 0.717) is 25.2 Å². The molecule has 0 radical (unpaired) electrons. The van der Waals surface area contributed by atoms with E-state index in [1.807, 2.05) is 4.90 Å². The smallest absolute Gasteiger partial charge is 0.254 e. The Hall–Kier alpha value is -1.44. The molecule has 1 unspecified atom stereocenters. The van der Waals surface area contributed by atoms with Crippen molar-refractivity contribution in [2.75, 3.05) is 32.7 Å². The van der Waals surface area contributed by atoms with Gasteiger partial charge in [-0.1, -0.05) is 19.4 Å². The Morgan fingerprint density at radius 2 is 2.04 bits per heavy atom. The van der Waals surface area contributed by atoms with Crippen molar-refractivity contribution in [3.63, 3.8) is 0 Å². The molecule has 3 rings (SSSR count). The largest absolute Gasteiger partial charge is 0.334 e. The van der Waals surface area contributed by atoms with Gasteiger partial charge < -0.3 is 10.2 Å². The number of nitrogens with one attached hydrogen (secondary N) is 1. The summed E-state index contributed by atoms with van der Waals surface area (Å²) in [6, 6.07) is 6.74. The van der Waals surface area contributed by atoms with Crippen LogP contribution in [0.1, 0.15) is 49.4 Å². The Balaban J connectivity index is 1.84. The fraction of sp³-hybridized carbons (Fsp3) is 0.632. The number of rotatable bonds is 6. The second kappa shape index (κ2) is 8.50. The van der Waals surface area contributed by atoms with E-state index < -0.39 is 10.0 Å². The van der Waals surface area contributed by atoms with Crippen molar-refractivity contribution in [3.8, 4) is 0 Å². The minimum Gasteiger partial charge on any atom is -0.334 e. The van der Waals surface area contributed by atoms with Crippen molar-refractivity contribution < 1.29 is 13.2 Å². The van der Waals surface area contributed by atoms with Crippen LogP contribution in [0.5, 0.6) is 0 Å². The SMILES string of the molecule is CCCN(C(=O)c1cccc(S(=O)(=O)N2CCCCC2)c1)C1CCNC1. The molecule has 1 aromatic carbocycles. The Bertz CT molecular complexity index is 723. The molecule has 0 bridgehead atoms. The number of benzene rings is 1. The lowest BCUT2D eigenvalue weighted by Gasteiger charge is -2.29. The van der Waals surface area contributed by atoms with Gasteiger partial charge in [0.2, 0.25) is 10.0 Å². The summed E-state index contributed by atoms with van der Waals surface area (Å²) in [5, 5.41) is 3.30. The van der Waals surface area contributed by atoms with E-state index in [4.69, 9.17) is 0 Å². The predicted octanol–water partition coefficient (Wildman–Crippen LogP) is 2.08. The van der Waals surface area contributed by atoms with E-state index >= 15 is 0 Å². The van der Waals surface area contributed by atoms with Crippen LogP contribution in [0, 0.1) is 0 Å². The molecule has 26 heavy (non-hydrogen) atoms. The normalized spacial score (nSPS) is 21.7. The van der Waals surface area contributed by atoms with Crippen LogP contribution < -0.4 is 5.32 Å². The molecule has 1 aromatic rings. The average molecular weight is 380 g/mol. The van der Waals surface area contributed by atoms with Gasteiger partial charge in [-0.05, 0) is 50.4 Å². The van der Waals surface area contributed by atoms with Crippen molar-refractivity contribution in [2.45, 2.75) is 50.0 Å². The average Bonchev–Trinajstić information content (AvgIpc) is 3.21. The number of sulfonamides is 1. The van der Waals surface area contributed by atoms with Crippen LogP contribution in [0.4, 0.5) is 0 Å². The van der Waals surface area contributed by atoms with Gasteiger partial charge in [0.15, 0.2) is 0 Å². The Morgan fingerprint density at radius 1 is 1.27 bits per heavy atom. The first kappa shape index (κ1) is 19.3. The maximum Gasteiger partial charge on any atom is 0.254 e. The molecule has 0 saturated carbocycles. The van der Waals surface area contributed by atoms with Crippen molar-refractivity contribution in [2.24, 2.45) is 0 Å². The zero-order chi connectivity index (χ0) is 18.6. The summed E-state index contributed by atoms with van der Waals surface area (Å²) >= 11 is 0. The van der Waals surface area contributed by atoms with E-state index in [0.717, 1.165) is 45.2 Å². The Labute approximate surface area is 156 Å². The zero-order valence-corrected chi connectivity index (χ0v) is 16.3. The van der Waals surface area contributed by atoms with Crippen LogP contribution >= 0.6 is 0 Å². The summed E-state index contributed by atoms with van der Waals surface area (Å²) in [6.07, 6.45) is 4.70. The first-order chi connectivity index (χ1) is 12.5. The third-order valence-corrected chi connectivity index (χ3v) is 7.13. The van der Waals surface area contributed by atoms with Crippen LogP contribution in [0.15, 0.2) is 29.2 Å². The summed E-state index contributed by atoms with van der Waals surface area (Å²) in [5.41, 5.74) is 0.462. The molecule has 0 spiro atoms. The third kappa shape index (κ3) is 4.10. The first-order valence-electron chi connectivity index (χ1n) is 9.66. The molecular weight excluding hydrogens is 350 g/mol. The molecule has 0 aromatic heterocycles. The molecule has 2 fully saturated rings. The molecular formula is C19H29N3O3S. The number of carbonyl (C=O) groups excluding carboxylic acids is 1. The van der Waals surface area contributed by atoms with Gasteiger partial charge in [0.1, 0.15) is 0 Å². The second-order valence-corrected chi connectivity index (χ2v) is 9.08. The van der Waals surface area contributed by atoms with Crippen molar-refractivity contribution in [1.29, 1.82) is 0 Å². The lowest BCUT2D eigenvalue weighted by Crippen LogP contribution is -2.42. The number of amides is 1. The lowest BCUT2D eigenvalue weighted by atomic mass is 10.1. The van der Waals surface area contributed by atoms with Gasteiger partial charge in [0.05, 0.1) is 4.90 Å². The Morgan fingerprint density at radius 3 is 2.69 bits per heavy atom. The molecule has 2 heterocycles. The minimum absolute atomic E-state index is 0.0729. The molecule has 144 valence electrons. The maximum atomic E-state index is 13.1. The quantitative estimate of drug-likeness (QED) is 0.822. The van der Waals surface area contributed by atoms with Crippen molar-refractivity contribution in [3.05, 3.63) is 29.8 Å². The van der Waals surface area contributed by atoms with Gasteiger partial charge in [0, 0.05) is 37.8 Å².